The predicted octanol–water partition coefficient (Wildman–Crippen LogP) is 5.29. The van der Waals surface area contributed by atoms with Gasteiger partial charge in [0.25, 0.3) is 0 Å². The molecule has 0 radical (unpaired) electrons. The fraction of sp³-hybridized carbons (Fsp3) is 0.364. The average molecular weight is 623 g/mol. The number of hydroxylamine groups is 1. The van der Waals surface area contributed by atoms with Crippen LogP contribution in [0.3, 0.4) is 0 Å². The third-order valence-electron chi connectivity index (χ3n) is 7.33. The van der Waals surface area contributed by atoms with E-state index < -0.39 is 18.2 Å². The van der Waals surface area contributed by atoms with Crippen molar-refractivity contribution < 1.29 is 39.3 Å². The number of unbranched alkanes of at least 4 members (excludes halogenated alkanes) is 2. The summed E-state index contributed by atoms with van der Waals surface area (Å²) >= 11 is 1.44. The van der Waals surface area contributed by atoms with Gasteiger partial charge in [-0.25, -0.2) is 10.3 Å². The van der Waals surface area contributed by atoms with Crippen molar-refractivity contribution in [1.29, 1.82) is 0 Å². The van der Waals surface area contributed by atoms with Crippen molar-refractivity contribution in [2.45, 2.75) is 75.1 Å². The van der Waals surface area contributed by atoms with Crippen molar-refractivity contribution in [2.75, 3.05) is 5.75 Å². The Kier molecular flexibility index (Phi) is 12.8. The first-order chi connectivity index (χ1) is 21.4. The molecule has 1 saturated heterocycles. The number of carbonyl (C=O) groups excluding carboxylic acids is 2. The summed E-state index contributed by atoms with van der Waals surface area (Å²) in [6.45, 7) is 0.332. The van der Waals surface area contributed by atoms with Crippen LogP contribution in [0.5, 0.6) is 0 Å². The number of aromatic carboxylic acids is 1. The normalized spacial score (nSPS) is 18.0. The molecule has 44 heavy (non-hydrogen) atoms. The van der Waals surface area contributed by atoms with E-state index in [9.17, 15) is 24.6 Å². The van der Waals surface area contributed by atoms with Gasteiger partial charge in [0.1, 0.15) is 0 Å². The molecule has 4 rings (SSSR count). The summed E-state index contributed by atoms with van der Waals surface area (Å²) in [4.78, 5) is 35.6. The molecule has 11 heteroatoms. The van der Waals surface area contributed by atoms with Gasteiger partial charge in [-0.1, -0.05) is 67.1 Å². The van der Waals surface area contributed by atoms with Crippen molar-refractivity contribution in [3.8, 4) is 0 Å². The number of aliphatic hydroxyl groups is 1. The molecule has 0 unspecified atom stereocenters. The number of thioether (sulfide) groups is 1. The zero-order valence-electron chi connectivity index (χ0n) is 24.3. The first kappa shape index (κ1) is 33.2. The molecule has 10 nitrogen and oxygen atoms in total. The molecule has 1 fully saturated rings. The first-order valence-corrected chi connectivity index (χ1v) is 15.6. The minimum Gasteiger partial charge on any atom is -0.478 e. The second-order valence-corrected chi connectivity index (χ2v) is 11.6. The van der Waals surface area contributed by atoms with Gasteiger partial charge in [-0.05, 0) is 41.7 Å². The quantitative estimate of drug-likeness (QED) is 0.0659. The number of hydrogen-bond acceptors (Lipinski definition) is 8. The number of carbonyl (C=O) groups is 3. The van der Waals surface area contributed by atoms with Gasteiger partial charge < -0.3 is 25.0 Å². The van der Waals surface area contributed by atoms with Crippen molar-refractivity contribution in [2.24, 2.45) is 0 Å². The number of benzene rings is 3. The smallest absolute Gasteiger partial charge is 0.336 e. The van der Waals surface area contributed by atoms with E-state index >= 15 is 0 Å². The molecule has 3 atom stereocenters. The Morgan fingerprint density at radius 2 is 1.48 bits per heavy atom. The molecule has 1 aliphatic rings. The van der Waals surface area contributed by atoms with Gasteiger partial charge in [0.2, 0.25) is 11.8 Å². The number of ether oxygens (including phenoxy) is 2. The molecule has 0 aromatic heterocycles. The molecule has 234 valence electrons. The van der Waals surface area contributed by atoms with Crippen LogP contribution in [-0.2, 0) is 32.2 Å². The summed E-state index contributed by atoms with van der Waals surface area (Å²) in [5.41, 5.74) is 5.38. The number of carboxylic acids is 1. The van der Waals surface area contributed by atoms with Crippen molar-refractivity contribution in [3.05, 3.63) is 101 Å². The molecule has 1 heterocycles. The molecule has 3 aromatic carbocycles. The SMILES string of the molecule is O=C(CCCCCC(=O)NCc1ccc([C@@H]2O[C@H](CSc3ccccc3C(=O)O)C[C@H](c3ccc(CO)cc3)O2)cc1)NO. The molecule has 0 aliphatic carbocycles. The van der Waals surface area contributed by atoms with Crippen LogP contribution < -0.4 is 10.8 Å². The van der Waals surface area contributed by atoms with Gasteiger partial charge in [0.05, 0.1) is 24.4 Å². The standard InChI is InChI=1S/C33H38N2O8S/c36-20-23-12-14-24(15-13-23)28-18-26(21-44-29-7-5-4-6-27(29)32(39)40)42-33(43-28)25-16-10-22(11-17-25)19-34-30(37)8-2-1-3-9-31(38)35-41/h4-7,10-17,26,28,33,36,41H,1-3,8-9,18-21H2,(H,34,37)(H,35,38)(H,39,40)/t26-,28+,33+/m0/s1. The minimum atomic E-state index is -0.971. The maximum absolute atomic E-state index is 12.2. The maximum atomic E-state index is 12.2. The summed E-state index contributed by atoms with van der Waals surface area (Å²) in [5.74, 6) is -0.931. The van der Waals surface area contributed by atoms with Gasteiger partial charge >= 0.3 is 5.97 Å². The highest BCUT2D eigenvalue weighted by molar-refractivity contribution is 7.99. The largest absolute Gasteiger partial charge is 0.478 e. The second-order valence-electron chi connectivity index (χ2n) is 10.6. The summed E-state index contributed by atoms with van der Waals surface area (Å²) in [7, 11) is 0. The highest BCUT2D eigenvalue weighted by Gasteiger charge is 2.32. The number of hydrogen-bond donors (Lipinski definition) is 5. The van der Waals surface area contributed by atoms with Crippen LogP contribution in [0, 0.1) is 0 Å². The van der Waals surface area contributed by atoms with Crippen LogP contribution in [0.4, 0.5) is 0 Å². The van der Waals surface area contributed by atoms with Crippen LogP contribution >= 0.6 is 11.8 Å². The van der Waals surface area contributed by atoms with Crippen LogP contribution in [-0.4, -0.2) is 45.1 Å². The highest BCUT2D eigenvalue weighted by atomic mass is 32.2. The Labute approximate surface area is 260 Å². The van der Waals surface area contributed by atoms with Gasteiger partial charge in [-0.15, -0.1) is 11.8 Å². The van der Waals surface area contributed by atoms with Gasteiger partial charge in [0, 0.05) is 42.0 Å². The zero-order valence-corrected chi connectivity index (χ0v) is 25.1. The molecule has 2 amide bonds. The lowest BCUT2D eigenvalue weighted by atomic mass is 10.0. The van der Waals surface area contributed by atoms with Crippen molar-refractivity contribution >= 4 is 29.5 Å². The maximum Gasteiger partial charge on any atom is 0.336 e. The van der Waals surface area contributed by atoms with Crippen molar-refractivity contribution in [3.63, 3.8) is 0 Å². The number of amides is 2. The highest BCUT2D eigenvalue weighted by Crippen LogP contribution is 2.39. The first-order valence-electron chi connectivity index (χ1n) is 14.6. The van der Waals surface area contributed by atoms with E-state index in [1.807, 2.05) is 54.6 Å². The molecule has 5 N–H and O–H groups in total. The van der Waals surface area contributed by atoms with E-state index in [2.05, 4.69) is 5.32 Å². The molecular weight excluding hydrogens is 584 g/mol. The molecular formula is C33H38N2O8S. The second kappa shape index (κ2) is 16.9. The van der Waals surface area contributed by atoms with Crippen LogP contribution in [0.2, 0.25) is 0 Å². The fourth-order valence-corrected chi connectivity index (χ4v) is 5.93. The van der Waals surface area contributed by atoms with E-state index in [0.29, 0.717) is 42.9 Å². The van der Waals surface area contributed by atoms with E-state index in [1.54, 1.807) is 23.7 Å². The number of carboxylic acid groups (broad SMARTS) is 1. The lowest BCUT2D eigenvalue weighted by molar-refractivity contribution is -0.245. The summed E-state index contributed by atoms with van der Waals surface area (Å²) in [5, 5.41) is 30.5. The average Bonchev–Trinajstić information content (AvgIpc) is 3.06. The van der Waals surface area contributed by atoms with Crippen LogP contribution in [0.1, 0.15) is 83.5 Å². The Bertz CT molecular complexity index is 1380. The summed E-state index contributed by atoms with van der Waals surface area (Å²) in [6.07, 6.45) is 2.02. The van der Waals surface area contributed by atoms with E-state index in [0.717, 1.165) is 28.7 Å². The number of aliphatic hydroxyl groups excluding tert-OH is 1. The lowest BCUT2D eigenvalue weighted by Crippen LogP contribution is -2.31. The van der Waals surface area contributed by atoms with Crippen LogP contribution in [0.15, 0.2) is 77.7 Å². The molecule has 0 spiro atoms. The predicted molar refractivity (Wildman–Crippen MR) is 164 cm³/mol. The van der Waals surface area contributed by atoms with E-state index in [1.165, 1.54) is 11.8 Å². The number of rotatable bonds is 15. The lowest BCUT2D eigenvalue weighted by Gasteiger charge is -2.36. The Hall–Kier alpha value is -3.74. The van der Waals surface area contributed by atoms with Crippen molar-refractivity contribution in [1.82, 2.24) is 10.8 Å². The third kappa shape index (κ3) is 9.90. The Morgan fingerprint density at radius 3 is 2.16 bits per heavy atom. The van der Waals surface area contributed by atoms with Gasteiger partial charge in [0.15, 0.2) is 6.29 Å². The molecule has 0 bridgehead atoms. The number of nitrogens with one attached hydrogen (secondary N) is 2. The van der Waals surface area contributed by atoms with E-state index in [4.69, 9.17) is 14.7 Å². The molecule has 0 saturated carbocycles. The zero-order chi connectivity index (χ0) is 31.3. The van der Waals surface area contributed by atoms with Gasteiger partial charge in [-0.2, -0.15) is 0 Å². The molecule has 1 aliphatic heterocycles. The monoisotopic (exact) mass is 622 g/mol. The topological polar surface area (TPSA) is 154 Å². The van der Waals surface area contributed by atoms with Crippen LogP contribution in [0.25, 0.3) is 0 Å². The Balaban J connectivity index is 1.37. The fourth-order valence-electron chi connectivity index (χ4n) is 4.86. The third-order valence-corrected chi connectivity index (χ3v) is 8.54. The summed E-state index contributed by atoms with van der Waals surface area (Å²) in [6, 6.07) is 22.2. The van der Waals surface area contributed by atoms with Gasteiger partial charge in [-0.3, -0.25) is 14.8 Å². The summed E-state index contributed by atoms with van der Waals surface area (Å²) < 4.78 is 12.8. The molecule has 3 aromatic rings. The minimum absolute atomic E-state index is 0.0436. The van der Waals surface area contributed by atoms with E-state index in [-0.39, 0.29) is 36.7 Å². The Morgan fingerprint density at radius 1 is 0.818 bits per heavy atom.